The molecule has 0 saturated carbocycles. The van der Waals surface area contributed by atoms with Gasteiger partial charge in [0.1, 0.15) is 4.88 Å². The highest BCUT2D eigenvalue weighted by molar-refractivity contribution is 7.92. The van der Waals surface area contributed by atoms with E-state index in [9.17, 15) is 13.2 Å². The quantitative estimate of drug-likeness (QED) is 0.787. The third kappa shape index (κ3) is 2.43. The van der Waals surface area contributed by atoms with Crippen LogP contribution < -0.4 is 5.73 Å². The van der Waals surface area contributed by atoms with E-state index in [1.54, 1.807) is 4.90 Å². The number of amides is 1. The first-order valence-electron chi connectivity index (χ1n) is 6.68. The number of likely N-dealkylation sites (tertiary alicyclic amines) is 1. The molecule has 3 heterocycles. The average molecular weight is 330 g/mol. The molecule has 0 aromatic carbocycles. The van der Waals surface area contributed by atoms with Crippen molar-refractivity contribution in [3.8, 4) is 0 Å². The van der Waals surface area contributed by atoms with E-state index < -0.39 is 15.1 Å². The minimum atomic E-state index is -3.13. The van der Waals surface area contributed by atoms with Crippen molar-refractivity contribution in [2.75, 3.05) is 38.7 Å². The van der Waals surface area contributed by atoms with Crippen molar-refractivity contribution in [1.82, 2.24) is 14.8 Å². The number of carbonyl (C=O) groups excluding carboxylic acids is 1. The summed E-state index contributed by atoms with van der Waals surface area (Å²) in [4.78, 5) is 20.3. The number of hydrogen-bond donors (Lipinski definition) is 1. The van der Waals surface area contributed by atoms with Crippen molar-refractivity contribution in [3.05, 3.63) is 11.1 Å². The lowest BCUT2D eigenvalue weighted by atomic mass is 10.00. The molecule has 2 N–H and O–H groups in total. The molecule has 9 heteroatoms. The molecule has 3 atom stereocenters. The number of hydrogen-bond acceptors (Lipinski definition) is 7. The molecule has 7 nitrogen and oxygen atoms in total. The van der Waals surface area contributed by atoms with E-state index in [4.69, 9.17) is 5.73 Å². The van der Waals surface area contributed by atoms with Crippen LogP contribution >= 0.6 is 11.3 Å². The van der Waals surface area contributed by atoms with Gasteiger partial charge in [-0.3, -0.25) is 4.79 Å². The zero-order chi connectivity index (χ0) is 15.4. The van der Waals surface area contributed by atoms with Gasteiger partial charge in [-0.25, -0.2) is 13.4 Å². The number of aromatic nitrogens is 1. The van der Waals surface area contributed by atoms with Gasteiger partial charge in [-0.15, -0.1) is 0 Å². The number of thiazole rings is 1. The van der Waals surface area contributed by atoms with Crippen LogP contribution in [0.15, 0.2) is 6.20 Å². The van der Waals surface area contributed by atoms with E-state index in [1.807, 2.05) is 19.0 Å². The summed E-state index contributed by atoms with van der Waals surface area (Å²) in [6.07, 6.45) is 1.45. The number of sulfone groups is 1. The van der Waals surface area contributed by atoms with Gasteiger partial charge in [-0.2, -0.15) is 0 Å². The SMILES string of the molecule is CN(C)[C@@H]1CS(=O)(=O)[C@H]2CN(C(=O)c3cnc(N)s3)C[C@@H]12. The van der Waals surface area contributed by atoms with E-state index in [2.05, 4.69) is 4.98 Å². The molecule has 0 aliphatic carbocycles. The minimum absolute atomic E-state index is 0.0146. The highest BCUT2D eigenvalue weighted by atomic mass is 32.2. The molecule has 116 valence electrons. The lowest BCUT2D eigenvalue weighted by molar-refractivity contribution is 0.0784. The monoisotopic (exact) mass is 330 g/mol. The predicted octanol–water partition coefficient (Wildman–Crippen LogP) is -0.475. The van der Waals surface area contributed by atoms with Gasteiger partial charge in [0.05, 0.1) is 17.2 Å². The zero-order valence-electron chi connectivity index (χ0n) is 11.9. The minimum Gasteiger partial charge on any atom is -0.375 e. The van der Waals surface area contributed by atoms with Gasteiger partial charge >= 0.3 is 0 Å². The van der Waals surface area contributed by atoms with E-state index in [0.717, 1.165) is 11.3 Å². The Morgan fingerprint density at radius 1 is 1.48 bits per heavy atom. The van der Waals surface area contributed by atoms with Gasteiger partial charge in [0.25, 0.3) is 5.91 Å². The molecule has 0 radical (unpaired) electrons. The van der Waals surface area contributed by atoms with Crippen molar-refractivity contribution in [1.29, 1.82) is 0 Å². The summed E-state index contributed by atoms with van der Waals surface area (Å²) in [5, 5.41) is -0.101. The molecule has 21 heavy (non-hydrogen) atoms. The van der Waals surface area contributed by atoms with Crippen molar-refractivity contribution in [2.45, 2.75) is 11.3 Å². The first kappa shape index (κ1) is 14.7. The normalized spacial score (nSPS) is 30.8. The Hall–Kier alpha value is -1.19. The summed E-state index contributed by atoms with van der Waals surface area (Å²) < 4.78 is 24.5. The van der Waals surface area contributed by atoms with Crippen LogP contribution in [0.4, 0.5) is 5.13 Å². The van der Waals surface area contributed by atoms with Crippen molar-refractivity contribution < 1.29 is 13.2 Å². The Kier molecular flexibility index (Phi) is 3.45. The standard InChI is InChI=1S/C12H18N4O3S2/c1-15(2)8-6-21(18,19)10-5-16(4-7(8)10)11(17)9-3-14-12(13)20-9/h3,7-8,10H,4-6H2,1-2H3,(H2,13,14)/t7-,8+,10-/m0/s1. The molecular weight excluding hydrogens is 312 g/mol. The zero-order valence-corrected chi connectivity index (χ0v) is 13.5. The van der Waals surface area contributed by atoms with Gasteiger partial charge in [0.2, 0.25) is 0 Å². The molecule has 0 spiro atoms. The largest absolute Gasteiger partial charge is 0.375 e. The van der Waals surface area contributed by atoms with Crippen molar-refractivity contribution in [3.63, 3.8) is 0 Å². The van der Waals surface area contributed by atoms with Crippen LogP contribution in [0.1, 0.15) is 9.67 Å². The third-order valence-electron chi connectivity index (χ3n) is 4.35. The fourth-order valence-electron chi connectivity index (χ4n) is 3.27. The van der Waals surface area contributed by atoms with Crippen LogP contribution in [0.3, 0.4) is 0 Å². The molecule has 0 unspecified atom stereocenters. The maximum absolute atomic E-state index is 12.4. The Balaban J connectivity index is 1.83. The lowest BCUT2D eigenvalue weighted by Gasteiger charge is -2.24. The summed E-state index contributed by atoms with van der Waals surface area (Å²) >= 11 is 1.13. The van der Waals surface area contributed by atoms with Crippen LogP contribution in [0.25, 0.3) is 0 Å². The molecule has 3 rings (SSSR count). The predicted molar refractivity (Wildman–Crippen MR) is 81.0 cm³/mol. The van der Waals surface area contributed by atoms with Gasteiger partial charge < -0.3 is 15.5 Å². The van der Waals surface area contributed by atoms with Crippen molar-refractivity contribution >= 4 is 32.2 Å². The van der Waals surface area contributed by atoms with E-state index in [-0.39, 0.29) is 30.2 Å². The van der Waals surface area contributed by atoms with Crippen molar-refractivity contribution in [2.24, 2.45) is 5.92 Å². The molecule has 0 bridgehead atoms. The van der Waals surface area contributed by atoms with Crippen LogP contribution in [0, 0.1) is 5.92 Å². The summed E-state index contributed by atoms with van der Waals surface area (Å²) in [6.45, 7) is 0.747. The lowest BCUT2D eigenvalue weighted by Crippen LogP contribution is -2.38. The Morgan fingerprint density at radius 2 is 2.19 bits per heavy atom. The number of nitrogens with two attached hydrogens (primary N) is 1. The number of nitrogens with zero attached hydrogens (tertiary/aromatic N) is 3. The Labute approximate surface area is 127 Å². The fourth-order valence-corrected chi connectivity index (χ4v) is 6.40. The van der Waals surface area contributed by atoms with Gasteiger partial charge in [0, 0.05) is 25.0 Å². The Bertz CT molecular complexity index is 670. The summed E-state index contributed by atoms with van der Waals surface area (Å²) in [5.41, 5.74) is 5.55. The first-order chi connectivity index (χ1) is 9.79. The summed E-state index contributed by atoms with van der Waals surface area (Å²) in [6, 6.07) is -0.0238. The smallest absolute Gasteiger partial charge is 0.265 e. The van der Waals surface area contributed by atoms with E-state index >= 15 is 0 Å². The van der Waals surface area contributed by atoms with Gasteiger partial charge in [0.15, 0.2) is 15.0 Å². The van der Waals surface area contributed by atoms with Crippen LogP contribution in [-0.2, 0) is 9.84 Å². The summed E-state index contributed by atoms with van der Waals surface area (Å²) in [7, 11) is 0.638. The van der Waals surface area contributed by atoms with E-state index in [1.165, 1.54) is 6.20 Å². The molecule has 1 aromatic heterocycles. The van der Waals surface area contributed by atoms with Crippen LogP contribution in [-0.4, -0.2) is 73.3 Å². The first-order valence-corrected chi connectivity index (χ1v) is 9.21. The number of anilines is 1. The van der Waals surface area contributed by atoms with Crippen LogP contribution in [0.2, 0.25) is 0 Å². The van der Waals surface area contributed by atoms with Crippen LogP contribution in [0.5, 0.6) is 0 Å². The molecular formula is C12H18N4O3S2. The molecule has 2 aliphatic heterocycles. The second-order valence-electron chi connectivity index (χ2n) is 5.84. The van der Waals surface area contributed by atoms with Gasteiger partial charge in [-0.05, 0) is 14.1 Å². The number of carbonyl (C=O) groups is 1. The number of nitrogen functional groups attached to an aromatic ring is 1. The Morgan fingerprint density at radius 3 is 2.76 bits per heavy atom. The molecule has 2 fully saturated rings. The second-order valence-corrected chi connectivity index (χ2v) is 9.16. The molecule has 2 aliphatic rings. The fraction of sp³-hybridized carbons (Fsp3) is 0.667. The number of fused-ring (bicyclic) bond motifs is 1. The molecule has 1 aromatic rings. The second kappa shape index (κ2) is 4.92. The highest BCUT2D eigenvalue weighted by Crippen LogP contribution is 2.36. The van der Waals surface area contributed by atoms with E-state index in [0.29, 0.717) is 16.6 Å². The van der Waals surface area contributed by atoms with Gasteiger partial charge in [-0.1, -0.05) is 11.3 Å². The maximum atomic E-state index is 12.4. The molecule has 2 saturated heterocycles. The highest BCUT2D eigenvalue weighted by Gasteiger charge is 2.53. The third-order valence-corrected chi connectivity index (χ3v) is 7.39. The topological polar surface area (TPSA) is 96.6 Å². The average Bonchev–Trinajstić information content (AvgIpc) is 3.05. The summed E-state index contributed by atoms with van der Waals surface area (Å²) in [5.74, 6) is -0.00394. The molecule has 1 amide bonds. The number of rotatable bonds is 2. The maximum Gasteiger partial charge on any atom is 0.265 e.